The number of nitriles is 1. The van der Waals surface area contributed by atoms with Crippen LogP contribution in [0.1, 0.15) is 31.2 Å². The van der Waals surface area contributed by atoms with Gasteiger partial charge in [-0.05, 0) is 43.5 Å². The lowest BCUT2D eigenvalue weighted by molar-refractivity contribution is -0.139. The van der Waals surface area contributed by atoms with Gasteiger partial charge in [0.25, 0.3) is 0 Å². The van der Waals surface area contributed by atoms with Gasteiger partial charge < -0.3 is 14.5 Å². The van der Waals surface area contributed by atoms with Crippen LogP contribution in [0.2, 0.25) is 0 Å². The standard InChI is InChI=1S/C21H26N4O3/c22-13-16-5-7-19(8-6-16)28-21(27)25-14-17(15-25)20(26)24-10-2-9-23(11-12-24)18-3-1-4-18/h5-8,17-18H,1-4,9-12,14-15H2. The van der Waals surface area contributed by atoms with E-state index in [9.17, 15) is 9.59 Å². The van der Waals surface area contributed by atoms with E-state index in [1.165, 1.54) is 19.3 Å². The maximum atomic E-state index is 12.8. The summed E-state index contributed by atoms with van der Waals surface area (Å²) in [5.41, 5.74) is 0.516. The van der Waals surface area contributed by atoms with Gasteiger partial charge in [-0.15, -0.1) is 0 Å². The molecule has 1 aliphatic carbocycles. The summed E-state index contributed by atoms with van der Waals surface area (Å²) >= 11 is 0. The van der Waals surface area contributed by atoms with Crippen molar-refractivity contribution in [1.29, 1.82) is 5.26 Å². The molecule has 148 valence electrons. The number of rotatable bonds is 3. The van der Waals surface area contributed by atoms with Crippen LogP contribution in [0.5, 0.6) is 5.75 Å². The van der Waals surface area contributed by atoms with Crippen LogP contribution in [0.4, 0.5) is 4.79 Å². The van der Waals surface area contributed by atoms with Gasteiger partial charge in [-0.2, -0.15) is 5.26 Å². The first-order valence-corrected chi connectivity index (χ1v) is 10.1. The predicted octanol–water partition coefficient (Wildman–Crippen LogP) is 2.08. The Kier molecular flexibility index (Phi) is 5.49. The zero-order chi connectivity index (χ0) is 19.5. The lowest BCUT2D eigenvalue weighted by Crippen LogP contribution is -2.57. The summed E-state index contributed by atoms with van der Waals surface area (Å²) in [7, 11) is 0. The molecule has 28 heavy (non-hydrogen) atoms. The fourth-order valence-corrected chi connectivity index (χ4v) is 4.08. The smallest absolute Gasteiger partial charge is 0.410 e. The van der Waals surface area contributed by atoms with Crippen molar-refractivity contribution in [3.05, 3.63) is 29.8 Å². The molecule has 7 heteroatoms. The van der Waals surface area contributed by atoms with Crippen molar-refractivity contribution in [3.8, 4) is 11.8 Å². The largest absolute Gasteiger partial charge is 0.415 e. The number of carbonyl (C=O) groups excluding carboxylic acids is 2. The highest BCUT2D eigenvalue weighted by molar-refractivity contribution is 5.83. The zero-order valence-corrected chi connectivity index (χ0v) is 16.0. The second-order valence-electron chi connectivity index (χ2n) is 7.91. The van der Waals surface area contributed by atoms with Gasteiger partial charge >= 0.3 is 6.09 Å². The lowest BCUT2D eigenvalue weighted by Gasteiger charge is -2.40. The van der Waals surface area contributed by atoms with Gasteiger partial charge in [0.15, 0.2) is 0 Å². The molecule has 0 spiro atoms. The van der Waals surface area contributed by atoms with E-state index in [0.717, 1.165) is 38.6 Å². The van der Waals surface area contributed by atoms with E-state index < -0.39 is 6.09 Å². The highest BCUT2D eigenvalue weighted by atomic mass is 16.6. The van der Waals surface area contributed by atoms with Gasteiger partial charge in [-0.25, -0.2) is 4.79 Å². The van der Waals surface area contributed by atoms with E-state index in [4.69, 9.17) is 10.00 Å². The predicted molar refractivity (Wildman–Crippen MR) is 103 cm³/mol. The van der Waals surface area contributed by atoms with Crippen LogP contribution in [0.15, 0.2) is 24.3 Å². The molecule has 0 bridgehead atoms. The number of ether oxygens (including phenoxy) is 1. The second-order valence-corrected chi connectivity index (χ2v) is 7.91. The maximum Gasteiger partial charge on any atom is 0.415 e. The summed E-state index contributed by atoms with van der Waals surface area (Å²) in [6, 6.07) is 9.17. The van der Waals surface area contributed by atoms with Gasteiger partial charge in [0.1, 0.15) is 5.75 Å². The van der Waals surface area contributed by atoms with Crippen molar-refractivity contribution < 1.29 is 14.3 Å². The topological polar surface area (TPSA) is 76.9 Å². The molecule has 0 aromatic heterocycles. The molecule has 1 saturated carbocycles. The molecule has 3 aliphatic rings. The summed E-state index contributed by atoms with van der Waals surface area (Å²) in [5, 5.41) is 8.80. The third kappa shape index (κ3) is 3.97. The van der Waals surface area contributed by atoms with E-state index in [1.807, 2.05) is 11.0 Å². The third-order valence-corrected chi connectivity index (χ3v) is 6.11. The van der Waals surface area contributed by atoms with E-state index in [-0.39, 0.29) is 11.8 Å². The Morgan fingerprint density at radius 3 is 2.36 bits per heavy atom. The Morgan fingerprint density at radius 2 is 1.71 bits per heavy atom. The summed E-state index contributed by atoms with van der Waals surface area (Å²) in [4.78, 5) is 31.1. The molecule has 2 aliphatic heterocycles. The number of hydrogen-bond donors (Lipinski definition) is 0. The molecule has 0 radical (unpaired) electrons. The normalized spacial score (nSPS) is 21.2. The number of likely N-dealkylation sites (tertiary alicyclic amines) is 1. The first-order valence-electron chi connectivity index (χ1n) is 10.1. The van der Waals surface area contributed by atoms with Crippen LogP contribution in [0.25, 0.3) is 0 Å². The van der Waals surface area contributed by atoms with E-state index >= 15 is 0 Å². The van der Waals surface area contributed by atoms with Crippen LogP contribution < -0.4 is 4.74 Å². The van der Waals surface area contributed by atoms with Crippen LogP contribution in [-0.4, -0.2) is 72.0 Å². The Morgan fingerprint density at radius 1 is 0.964 bits per heavy atom. The van der Waals surface area contributed by atoms with Crippen LogP contribution in [0.3, 0.4) is 0 Å². The molecule has 2 saturated heterocycles. The second kappa shape index (κ2) is 8.19. The molecule has 7 nitrogen and oxygen atoms in total. The van der Waals surface area contributed by atoms with Crippen molar-refractivity contribution in [3.63, 3.8) is 0 Å². The number of nitrogens with zero attached hydrogens (tertiary/aromatic N) is 4. The van der Waals surface area contributed by atoms with Gasteiger partial charge in [0.05, 0.1) is 17.6 Å². The molecular formula is C21H26N4O3. The minimum Gasteiger partial charge on any atom is -0.410 e. The fraction of sp³-hybridized carbons (Fsp3) is 0.571. The van der Waals surface area contributed by atoms with E-state index in [2.05, 4.69) is 4.90 Å². The molecule has 2 heterocycles. The average Bonchev–Trinajstić information content (AvgIpc) is 2.86. The molecule has 2 amide bonds. The molecule has 3 fully saturated rings. The summed E-state index contributed by atoms with van der Waals surface area (Å²) < 4.78 is 5.32. The van der Waals surface area contributed by atoms with Crippen molar-refractivity contribution in [1.82, 2.24) is 14.7 Å². The molecule has 0 atom stereocenters. The molecule has 1 aromatic carbocycles. The first-order chi connectivity index (χ1) is 13.6. The van der Waals surface area contributed by atoms with Gasteiger partial charge in [-0.3, -0.25) is 9.69 Å². The Labute approximate surface area is 165 Å². The summed E-state index contributed by atoms with van der Waals surface area (Å²) in [6.07, 6.45) is 4.51. The Hall–Kier alpha value is -2.59. The monoisotopic (exact) mass is 382 g/mol. The third-order valence-electron chi connectivity index (χ3n) is 6.11. The number of carbonyl (C=O) groups is 2. The van der Waals surface area contributed by atoms with Gasteiger partial charge in [0.2, 0.25) is 5.91 Å². The summed E-state index contributed by atoms with van der Waals surface area (Å²) in [5.74, 6) is 0.448. The van der Waals surface area contributed by atoms with Gasteiger partial charge in [0, 0.05) is 45.3 Å². The fourth-order valence-electron chi connectivity index (χ4n) is 4.08. The summed E-state index contributed by atoms with van der Waals surface area (Å²) in [6.45, 7) is 4.49. The Balaban J connectivity index is 1.23. The molecule has 4 rings (SSSR count). The lowest BCUT2D eigenvalue weighted by atomic mass is 9.91. The minimum atomic E-state index is -0.444. The van der Waals surface area contributed by atoms with Gasteiger partial charge in [-0.1, -0.05) is 6.42 Å². The Bertz CT molecular complexity index is 763. The van der Waals surface area contributed by atoms with Crippen molar-refractivity contribution in [2.24, 2.45) is 5.92 Å². The average molecular weight is 382 g/mol. The van der Waals surface area contributed by atoms with Crippen molar-refractivity contribution in [2.75, 3.05) is 39.3 Å². The number of amides is 2. The quantitative estimate of drug-likeness (QED) is 0.800. The first kappa shape index (κ1) is 18.8. The molecule has 0 unspecified atom stereocenters. The van der Waals surface area contributed by atoms with Crippen molar-refractivity contribution >= 4 is 12.0 Å². The SMILES string of the molecule is N#Cc1ccc(OC(=O)N2CC(C(=O)N3CCCN(C4CCC4)CC3)C2)cc1. The van der Waals surface area contributed by atoms with Crippen molar-refractivity contribution in [2.45, 2.75) is 31.7 Å². The zero-order valence-electron chi connectivity index (χ0n) is 16.0. The van der Waals surface area contributed by atoms with Crippen LogP contribution in [0, 0.1) is 17.2 Å². The maximum absolute atomic E-state index is 12.8. The minimum absolute atomic E-state index is 0.122. The molecule has 1 aromatic rings. The molecule has 0 N–H and O–H groups in total. The molecular weight excluding hydrogens is 356 g/mol. The number of benzene rings is 1. The van der Waals surface area contributed by atoms with E-state index in [0.29, 0.717) is 24.4 Å². The number of hydrogen-bond acceptors (Lipinski definition) is 5. The van der Waals surface area contributed by atoms with E-state index in [1.54, 1.807) is 29.2 Å². The highest BCUT2D eigenvalue weighted by Crippen LogP contribution is 2.26. The van der Waals surface area contributed by atoms with Crippen LogP contribution >= 0.6 is 0 Å². The van der Waals surface area contributed by atoms with Crippen LogP contribution in [-0.2, 0) is 4.79 Å². The highest BCUT2D eigenvalue weighted by Gasteiger charge is 2.39.